The number of piperidine rings is 1. The van der Waals surface area contributed by atoms with Gasteiger partial charge in [-0.3, -0.25) is 14.4 Å². The molecule has 3 rings (SSSR count). The molecule has 0 aromatic heterocycles. The second-order valence-corrected chi connectivity index (χ2v) is 7.60. The third kappa shape index (κ3) is 5.10. The van der Waals surface area contributed by atoms with Crippen molar-refractivity contribution in [1.82, 2.24) is 10.2 Å². The average Bonchev–Trinajstić information content (AvgIpc) is 2.74. The Kier molecular flexibility index (Phi) is 7.03. The Morgan fingerprint density at radius 3 is 2.54 bits per heavy atom. The number of carbonyl (C=O) groups is 3. The third-order valence-corrected chi connectivity index (χ3v) is 5.75. The van der Waals surface area contributed by atoms with Crippen molar-refractivity contribution in [1.29, 1.82) is 0 Å². The molecule has 0 aliphatic carbocycles. The van der Waals surface area contributed by atoms with Crippen molar-refractivity contribution in [3.8, 4) is 0 Å². The zero-order valence-corrected chi connectivity index (χ0v) is 16.0. The van der Waals surface area contributed by atoms with Crippen LogP contribution in [0, 0.1) is 17.8 Å². The summed E-state index contributed by atoms with van der Waals surface area (Å²) in [5.41, 5.74) is 0.619. The number of aliphatic carboxylic acids is 1. The first-order chi connectivity index (χ1) is 13.6. The van der Waals surface area contributed by atoms with E-state index in [4.69, 9.17) is 4.74 Å². The molecule has 2 heterocycles. The number of benzene rings is 1. The molecule has 152 valence electrons. The molecule has 2 aliphatic heterocycles. The quantitative estimate of drug-likeness (QED) is 0.774. The molecule has 0 bridgehead atoms. The van der Waals surface area contributed by atoms with Gasteiger partial charge in [-0.2, -0.15) is 0 Å². The van der Waals surface area contributed by atoms with Crippen LogP contribution in [0.1, 0.15) is 36.0 Å². The van der Waals surface area contributed by atoms with Gasteiger partial charge in [0.15, 0.2) is 0 Å². The third-order valence-electron chi connectivity index (χ3n) is 5.75. The fourth-order valence-corrected chi connectivity index (χ4v) is 4.07. The standard InChI is InChI=1S/C21H28N2O5/c24-19(22-13-18(21(26)27)15-8-11-28-12-9-15)17-7-4-10-23(14-17)20(25)16-5-2-1-3-6-16/h1-3,5-6,15,17-18H,4,7-14H2,(H,22,24)(H,26,27). The van der Waals surface area contributed by atoms with Gasteiger partial charge in [0.2, 0.25) is 5.91 Å². The van der Waals surface area contributed by atoms with Gasteiger partial charge in [0.1, 0.15) is 0 Å². The topological polar surface area (TPSA) is 95.9 Å². The Labute approximate surface area is 165 Å². The zero-order valence-electron chi connectivity index (χ0n) is 16.0. The fourth-order valence-electron chi connectivity index (χ4n) is 4.07. The molecule has 2 aliphatic rings. The van der Waals surface area contributed by atoms with Crippen LogP contribution in [0.15, 0.2) is 30.3 Å². The monoisotopic (exact) mass is 388 g/mol. The Balaban J connectivity index is 1.54. The van der Waals surface area contributed by atoms with Gasteiger partial charge in [-0.1, -0.05) is 18.2 Å². The van der Waals surface area contributed by atoms with Crippen molar-refractivity contribution in [2.45, 2.75) is 25.7 Å². The normalized spacial score (nSPS) is 21.7. The smallest absolute Gasteiger partial charge is 0.308 e. The number of carboxylic acids is 1. The summed E-state index contributed by atoms with van der Waals surface area (Å²) in [7, 11) is 0. The molecule has 7 nitrogen and oxygen atoms in total. The van der Waals surface area contributed by atoms with Crippen LogP contribution in [-0.2, 0) is 14.3 Å². The molecular formula is C21H28N2O5. The Hall–Kier alpha value is -2.41. The number of nitrogens with zero attached hydrogens (tertiary/aromatic N) is 1. The maximum atomic E-state index is 12.6. The van der Waals surface area contributed by atoms with E-state index in [1.165, 1.54) is 0 Å². The van der Waals surface area contributed by atoms with Crippen LogP contribution in [0.25, 0.3) is 0 Å². The molecule has 0 spiro atoms. The van der Waals surface area contributed by atoms with Crippen LogP contribution >= 0.6 is 0 Å². The van der Waals surface area contributed by atoms with E-state index in [9.17, 15) is 19.5 Å². The first-order valence-corrected chi connectivity index (χ1v) is 9.99. The summed E-state index contributed by atoms with van der Waals surface area (Å²) in [6.45, 7) is 2.27. The molecule has 2 fully saturated rings. The lowest BCUT2D eigenvalue weighted by molar-refractivity contribution is -0.145. The minimum Gasteiger partial charge on any atom is -0.481 e. The van der Waals surface area contributed by atoms with Crippen LogP contribution < -0.4 is 5.32 Å². The number of hydrogen-bond donors (Lipinski definition) is 2. The minimum absolute atomic E-state index is 0.0223. The largest absolute Gasteiger partial charge is 0.481 e. The van der Waals surface area contributed by atoms with Gasteiger partial charge in [0.25, 0.3) is 5.91 Å². The van der Waals surface area contributed by atoms with Crippen LogP contribution in [0.4, 0.5) is 0 Å². The molecule has 2 saturated heterocycles. The van der Waals surface area contributed by atoms with Crippen molar-refractivity contribution in [2.24, 2.45) is 17.8 Å². The van der Waals surface area contributed by atoms with E-state index in [1.54, 1.807) is 17.0 Å². The Morgan fingerprint density at radius 1 is 1.14 bits per heavy atom. The van der Waals surface area contributed by atoms with Crippen molar-refractivity contribution < 1.29 is 24.2 Å². The van der Waals surface area contributed by atoms with Crippen LogP contribution in [0.5, 0.6) is 0 Å². The number of carbonyl (C=O) groups excluding carboxylic acids is 2. The first-order valence-electron chi connectivity index (χ1n) is 9.99. The SMILES string of the molecule is O=C(NCC(C(=O)O)C1CCOCC1)C1CCCN(C(=O)c2ccccc2)C1. The van der Waals surface area contributed by atoms with Gasteiger partial charge in [-0.05, 0) is 43.7 Å². The van der Waals surface area contributed by atoms with Gasteiger partial charge in [-0.15, -0.1) is 0 Å². The van der Waals surface area contributed by atoms with Crippen molar-refractivity contribution in [2.75, 3.05) is 32.8 Å². The summed E-state index contributed by atoms with van der Waals surface area (Å²) in [6.07, 6.45) is 2.88. The predicted octanol–water partition coefficient (Wildman–Crippen LogP) is 1.78. The molecule has 7 heteroatoms. The van der Waals surface area contributed by atoms with Gasteiger partial charge < -0.3 is 20.1 Å². The van der Waals surface area contributed by atoms with E-state index in [0.717, 1.165) is 6.42 Å². The summed E-state index contributed by atoms with van der Waals surface area (Å²) in [5, 5.41) is 12.4. The fraction of sp³-hybridized carbons (Fsp3) is 0.571. The molecule has 2 N–H and O–H groups in total. The van der Waals surface area contributed by atoms with E-state index < -0.39 is 11.9 Å². The Morgan fingerprint density at radius 2 is 1.86 bits per heavy atom. The molecule has 0 radical (unpaired) electrons. The molecule has 1 aromatic rings. The van der Waals surface area contributed by atoms with Gasteiger partial charge >= 0.3 is 5.97 Å². The summed E-state index contributed by atoms with van der Waals surface area (Å²) in [5.74, 6) is -1.98. The first kappa shape index (κ1) is 20.3. The second kappa shape index (κ2) is 9.68. The average molecular weight is 388 g/mol. The number of likely N-dealkylation sites (tertiary alicyclic amines) is 1. The van der Waals surface area contributed by atoms with Gasteiger partial charge in [-0.25, -0.2) is 0 Å². The van der Waals surface area contributed by atoms with Gasteiger partial charge in [0, 0.05) is 38.4 Å². The number of rotatable bonds is 6. The summed E-state index contributed by atoms with van der Waals surface area (Å²) >= 11 is 0. The maximum Gasteiger partial charge on any atom is 0.308 e. The highest BCUT2D eigenvalue weighted by atomic mass is 16.5. The molecular weight excluding hydrogens is 360 g/mol. The number of amides is 2. The van der Waals surface area contributed by atoms with Crippen LogP contribution in [0.2, 0.25) is 0 Å². The van der Waals surface area contributed by atoms with Crippen molar-refractivity contribution in [3.05, 3.63) is 35.9 Å². The zero-order chi connectivity index (χ0) is 19.9. The van der Waals surface area contributed by atoms with E-state index >= 15 is 0 Å². The summed E-state index contributed by atoms with van der Waals surface area (Å²) in [4.78, 5) is 38.6. The van der Waals surface area contributed by atoms with Gasteiger partial charge in [0.05, 0.1) is 11.8 Å². The molecule has 2 amide bonds. The number of ether oxygens (including phenoxy) is 1. The highest BCUT2D eigenvalue weighted by Gasteiger charge is 2.32. The summed E-state index contributed by atoms with van der Waals surface area (Å²) < 4.78 is 5.30. The number of hydrogen-bond acceptors (Lipinski definition) is 4. The van der Waals surface area contributed by atoms with Crippen LogP contribution in [0.3, 0.4) is 0 Å². The highest BCUT2D eigenvalue weighted by molar-refractivity contribution is 5.94. The number of nitrogens with one attached hydrogen (secondary N) is 1. The highest BCUT2D eigenvalue weighted by Crippen LogP contribution is 2.24. The second-order valence-electron chi connectivity index (χ2n) is 7.60. The molecule has 2 unspecified atom stereocenters. The summed E-state index contributed by atoms with van der Waals surface area (Å²) in [6, 6.07) is 9.06. The lowest BCUT2D eigenvalue weighted by Crippen LogP contribution is -2.47. The number of carboxylic acid groups (broad SMARTS) is 1. The Bertz CT molecular complexity index is 687. The molecule has 2 atom stereocenters. The molecule has 1 aromatic carbocycles. The van der Waals surface area contributed by atoms with E-state index in [2.05, 4.69) is 5.32 Å². The predicted molar refractivity (Wildman–Crippen MR) is 103 cm³/mol. The lowest BCUT2D eigenvalue weighted by Gasteiger charge is -2.33. The minimum atomic E-state index is -0.878. The van der Waals surface area contributed by atoms with Crippen molar-refractivity contribution in [3.63, 3.8) is 0 Å². The van der Waals surface area contributed by atoms with E-state index in [0.29, 0.717) is 51.1 Å². The molecule has 28 heavy (non-hydrogen) atoms. The molecule has 0 saturated carbocycles. The van der Waals surface area contributed by atoms with E-state index in [1.807, 2.05) is 18.2 Å². The van der Waals surface area contributed by atoms with Crippen molar-refractivity contribution >= 4 is 17.8 Å². The maximum absolute atomic E-state index is 12.6. The van der Waals surface area contributed by atoms with E-state index in [-0.39, 0.29) is 30.2 Å². The van der Waals surface area contributed by atoms with Crippen LogP contribution in [-0.4, -0.2) is 60.6 Å². The lowest BCUT2D eigenvalue weighted by atomic mass is 9.85.